The molecule has 13 heavy (non-hydrogen) atoms. The van der Waals surface area contributed by atoms with Crippen molar-refractivity contribution < 1.29 is 5.11 Å². The van der Waals surface area contributed by atoms with Gasteiger partial charge in [-0.05, 0) is 43.5 Å². The van der Waals surface area contributed by atoms with Crippen molar-refractivity contribution in [2.24, 2.45) is 0 Å². The quantitative estimate of drug-likeness (QED) is 0.688. The Morgan fingerprint density at radius 3 is 2.92 bits per heavy atom. The normalized spacial score (nSPS) is 22.1. The van der Waals surface area contributed by atoms with Crippen molar-refractivity contribution in [2.75, 3.05) is 6.54 Å². The van der Waals surface area contributed by atoms with Gasteiger partial charge in [0.2, 0.25) is 0 Å². The first kappa shape index (κ1) is 8.57. The average molecular weight is 177 g/mol. The van der Waals surface area contributed by atoms with E-state index in [-0.39, 0.29) is 0 Å². The Bertz CT molecular complexity index is 303. The van der Waals surface area contributed by atoms with Crippen molar-refractivity contribution >= 4 is 0 Å². The Kier molecular flexibility index (Phi) is 2.23. The highest BCUT2D eigenvalue weighted by molar-refractivity contribution is 5.36. The molecule has 2 nitrogen and oxygen atoms in total. The van der Waals surface area contributed by atoms with Crippen LogP contribution in [-0.2, 0) is 0 Å². The first-order valence-corrected chi connectivity index (χ1v) is 4.80. The lowest BCUT2D eigenvalue weighted by Crippen LogP contribution is -2.12. The standard InChI is InChI=1S/C11H15NO/c1-8-4-5-9(7-11(8)13)10-3-2-6-12-10/h4-5,7,10,12-13H,2-3,6H2,1H3/t10-/m1/s1. The van der Waals surface area contributed by atoms with Crippen LogP contribution in [0.3, 0.4) is 0 Å². The number of hydrogen-bond donors (Lipinski definition) is 2. The highest BCUT2D eigenvalue weighted by Crippen LogP contribution is 2.27. The van der Waals surface area contributed by atoms with Crippen LogP contribution < -0.4 is 5.32 Å². The zero-order valence-electron chi connectivity index (χ0n) is 7.88. The number of benzene rings is 1. The number of phenols is 1. The lowest BCUT2D eigenvalue weighted by atomic mass is 10.0. The SMILES string of the molecule is Cc1ccc([C@H]2CCCN2)cc1O. The van der Waals surface area contributed by atoms with Crippen LogP contribution in [-0.4, -0.2) is 11.7 Å². The van der Waals surface area contributed by atoms with E-state index < -0.39 is 0 Å². The molecule has 1 aliphatic rings. The van der Waals surface area contributed by atoms with Crippen LogP contribution in [0.4, 0.5) is 0 Å². The van der Waals surface area contributed by atoms with Gasteiger partial charge in [0, 0.05) is 6.04 Å². The lowest BCUT2D eigenvalue weighted by molar-refractivity contribution is 0.469. The fourth-order valence-electron chi connectivity index (χ4n) is 1.81. The molecule has 2 rings (SSSR count). The number of phenolic OH excluding ortho intramolecular Hbond substituents is 1. The maximum atomic E-state index is 9.53. The van der Waals surface area contributed by atoms with Crippen molar-refractivity contribution in [3.63, 3.8) is 0 Å². The van der Waals surface area contributed by atoms with E-state index in [1.54, 1.807) is 0 Å². The van der Waals surface area contributed by atoms with Gasteiger partial charge < -0.3 is 10.4 Å². The van der Waals surface area contributed by atoms with E-state index in [1.807, 2.05) is 19.1 Å². The second kappa shape index (κ2) is 3.38. The molecular formula is C11H15NO. The summed E-state index contributed by atoms with van der Waals surface area (Å²) < 4.78 is 0. The Morgan fingerprint density at radius 2 is 2.31 bits per heavy atom. The Labute approximate surface area is 78.6 Å². The summed E-state index contributed by atoms with van der Waals surface area (Å²) in [6, 6.07) is 6.40. The van der Waals surface area contributed by atoms with E-state index in [0.717, 1.165) is 12.1 Å². The van der Waals surface area contributed by atoms with Gasteiger partial charge in [0.15, 0.2) is 0 Å². The third-order valence-electron chi connectivity index (χ3n) is 2.70. The molecule has 0 amide bonds. The summed E-state index contributed by atoms with van der Waals surface area (Å²) in [4.78, 5) is 0. The van der Waals surface area contributed by atoms with Crippen molar-refractivity contribution in [3.05, 3.63) is 29.3 Å². The van der Waals surface area contributed by atoms with Crippen LogP contribution >= 0.6 is 0 Å². The Morgan fingerprint density at radius 1 is 1.46 bits per heavy atom. The molecule has 1 aromatic rings. The smallest absolute Gasteiger partial charge is 0.118 e. The molecule has 0 radical (unpaired) electrons. The number of aryl methyl sites for hydroxylation is 1. The summed E-state index contributed by atoms with van der Waals surface area (Å²) in [5.41, 5.74) is 2.15. The molecule has 1 atom stereocenters. The van der Waals surface area contributed by atoms with Gasteiger partial charge in [0.1, 0.15) is 5.75 Å². The fraction of sp³-hybridized carbons (Fsp3) is 0.455. The van der Waals surface area contributed by atoms with E-state index in [4.69, 9.17) is 0 Å². The van der Waals surface area contributed by atoms with Crippen LogP contribution in [0.25, 0.3) is 0 Å². The molecule has 1 aromatic carbocycles. The summed E-state index contributed by atoms with van der Waals surface area (Å²) in [5.74, 6) is 0.409. The Balaban J connectivity index is 2.25. The number of aromatic hydroxyl groups is 1. The van der Waals surface area contributed by atoms with Gasteiger partial charge in [-0.2, -0.15) is 0 Å². The average Bonchev–Trinajstić information content (AvgIpc) is 2.62. The molecule has 0 saturated carbocycles. The Hall–Kier alpha value is -1.02. The second-order valence-corrected chi connectivity index (χ2v) is 3.69. The van der Waals surface area contributed by atoms with Gasteiger partial charge in [0.25, 0.3) is 0 Å². The summed E-state index contributed by atoms with van der Waals surface area (Å²) in [6.07, 6.45) is 2.42. The molecule has 1 heterocycles. The van der Waals surface area contributed by atoms with Crippen LogP contribution in [0.2, 0.25) is 0 Å². The van der Waals surface area contributed by atoms with Gasteiger partial charge in [0.05, 0.1) is 0 Å². The van der Waals surface area contributed by atoms with E-state index in [2.05, 4.69) is 11.4 Å². The molecule has 0 unspecified atom stereocenters. The molecule has 0 aliphatic carbocycles. The molecule has 2 heteroatoms. The van der Waals surface area contributed by atoms with Gasteiger partial charge in [-0.25, -0.2) is 0 Å². The fourth-order valence-corrected chi connectivity index (χ4v) is 1.81. The van der Waals surface area contributed by atoms with Crippen LogP contribution in [0.5, 0.6) is 5.75 Å². The van der Waals surface area contributed by atoms with Crippen LogP contribution in [0, 0.1) is 6.92 Å². The molecule has 70 valence electrons. The monoisotopic (exact) mass is 177 g/mol. The van der Waals surface area contributed by atoms with Gasteiger partial charge in [-0.3, -0.25) is 0 Å². The molecule has 1 aliphatic heterocycles. The van der Waals surface area contributed by atoms with E-state index in [0.29, 0.717) is 11.8 Å². The molecular weight excluding hydrogens is 162 g/mol. The summed E-state index contributed by atoms with van der Waals surface area (Å²) in [7, 11) is 0. The van der Waals surface area contributed by atoms with Crippen molar-refractivity contribution in [2.45, 2.75) is 25.8 Å². The number of rotatable bonds is 1. The molecule has 2 N–H and O–H groups in total. The number of nitrogens with one attached hydrogen (secondary N) is 1. The van der Waals surface area contributed by atoms with E-state index in [1.165, 1.54) is 18.4 Å². The zero-order valence-corrected chi connectivity index (χ0v) is 7.88. The van der Waals surface area contributed by atoms with Gasteiger partial charge >= 0.3 is 0 Å². The van der Waals surface area contributed by atoms with Crippen molar-refractivity contribution in [3.8, 4) is 5.75 Å². The molecule has 0 aromatic heterocycles. The molecule has 1 saturated heterocycles. The second-order valence-electron chi connectivity index (χ2n) is 3.69. The molecule has 1 fully saturated rings. The summed E-state index contributed by atoms with van der Waals surface area (Å²) in [6.45, 7) is 3.01. The minimum atomic E-state index is 0.409. The first-order chi connectivity index (χ1) is 6.27. The predicted molar refractivity (Wildman–Crippen MR) is 52.8 cm³/mol. The predicted octanol–water partition coefficient (Wildman–Crippen LogP) is 2.13. The summed E-state index contributed by atoms with van der Waals surface area (Å²) in [5, 5.41) is 12.9. The van der Waals surface area contributed by atoms with E-state index in [9.17, 15) is 5.11 Å². The third-order valence-corrected chi connectivity index (χ3v) is 2.70. The maximum Gasteiger partial charge on any atom is 0.118 e. The summed E-state index contributed by atoms with van der Waals surface area (Å²) >= 11 is 0. The topological polar surface area (TPSA) is 32.3 Å². The maximum absolute atomic E-state index is 9.53. The lowest BCUT2D eigenvalue weighted by Gasteiger charge is -2.11. The van der Waals surface area contributed by atoms with Gasteiger partial charge in [-0.1, -0.05) is 12.1 Å². The zero-order chi connectivity index (χ0) is 9.26. The molecule has 0 bridgehead atoms. The van der Waals surface area contributed by atoms with Crippen LogP contribution in [0.15, 0.2) is 18.2 Å². The highest BCUT2D eigenvalue weighted by atomic mass is 16.3. The third kappa shape index (κ3) is 1.68. The highest BCUT2D eigenvalue weighted by Gasteiger charge is 2.16. The minimum absolute atomic E-state index is 0.409. The van der Waals surface area contributed by atoms with Crippen molar-refractivity contribution in [1.82, 2.24) is 5.32 Å². The van der Waals surface area contributed by atoms with Gasteiger partial charge in [-0.15, -0.1) is 0 Å². The number of hydrogen-bond acceptors (Lipinski definition) is 2. The van der Waals surface area contributed by atoms with E-state index >= 15 is 0 Å². The largest absolute Gasteiger partial charge is 0.508 e. The first-order valence-electron chi connectivity index (χ1n) is 4.80. The molecule has 0 spiro atoms. The minimum Gasteiger partial charge on any atom is -0.508 e. The van der Waals surface area contributed by atoms with Crippen molar-refractivity contribution in [1.29, 1.82) is 0 Å². The van der Waals surface area contributed by atoms with Crippen LogP contribution in [0.1, 0.15) is 30.0 Å².